The zero-order chi connectivity index (χ0) is 8.69. The highest BCUT2D eigenvalue weighted by Gasteiger charge is 2.08. The molecule has 0 rings (SSSR count). The van der Waals surface area contributed by atoms with Crippen molar-refractivity contribution in [3.05, 3.63) is 0 Å². The summed E-state index contributed by atoms with van der Waals surface area (Å²) in [6.07, 6.45) is 0.850. The molecule has 68 valence electrons. The Labute approximate surface area is 70.8 Å². The van der Waals surface area contributed by atoms with Crippen LogP contribution in [0.3, 0.4) is 0 Å². The Morgan fingerprint density at radius 2 is 2.27 bits per heavy atom. The predicted octanol–water partition coefficient (Wildman–Crippen LogP) is 0.119. The van der Waals surface area contributed by atoms with Crippen molar-refractivity contribution in [2.75, 3.05) is 26.0 Å². The van der Waals surface area contributed by atoms with Gasteiger partial charge in [0.2, 0.25) is 0 Å². The normalized spacial score (nSPS) is 16.3. The average Bonchev–Trinajstić information content (AvgIpc) is 2.00. The van der Waals surface area contributed by atoms with E-state index < -0.39 is 10.8 Å². The average molecular weight is 179 g/mol. The molecule has 2 N–H and O–H groups in total. The van der Waals surface area contributed by atoms with Gasteiger partial charge in [-0.15, -0.1) is 0 Å². The van der Waals surface area contributed by atoms with E-state index in [0.717, 1.165) is 6.42 Å². The third-order valence-electron chi connectivity index (χ3n) is 1.50. The van der Waals surface area contributed by atoms with Gasteiger partial charge in [-0.05, 0) is 6.42 Å². The van der Waals surface area contributed by atoms with Crippen LogP contribution in [0.4, 0.5) is 0 Å². The summed E-state index contributed by atoms with van der Waals surface area (Å²) >= 11 is 0. The van der Waals surface area contributed by atoms with E-state index in [2.05, 4.69) is 0 Å². The van der Waals surface area contributed by atoms with Gasteiger partial charge in [-0.3, -0.25) is 4.21 Å². The van der Waals surface area contributed by atoms with Crippen LogP contribution >= 0.6 is 0 Å². The fourth-order valence-electron chi connectivity index (χ4n) is 0.733. The summed E-state index contributed by atoms with van der Waals surface area (Å²) in [5.41, 5.74) is 5.27. The summed E-state index contributed by atoms with van der Waals surface area (Å²) < 4.78 is 16.1. The van der Waals surface area contributed by atoms with Crippen LogP contribution in [0.5, 0.6) is 0 Å². The molecule has 0 fully saturated rings. The minimum atomic E-state index is -0.771. The smallest absolute Gasteiger partial charge is 0.0473 e. The lowest BCUT2D eigenvalue weighted by molar-refractivity contribution is 0.195. The van der Waals surface area contributed by atoms with Crippen molar-refractivity contribution < 1.29 is 8.95 Å². The van der Waals surface area contributed by atoms with Crippen LogP contribution in [0.1, 0.15) is 13.3 Å². The quantitative estimate of drug-likeness (QED) is 0.630. The predicted molar refractivity (Wildman–Crippen MR) is 48.0 cm³/mol. The standard InChI is InChI=1S/C7H17NO2S/c1-7(3-5-10-2)11(9)6-4-8/h7H,3-6,8H2,1-2H3. The number of hydrogen-bond donors (Lipinski definition) is 1. The van der Waals surface area contributed by atoms with E-state index in [1.165, 1.54) is 0 Å². The molecule has 0 saturated heterocycles. The Hall–Kier alpha value is 0.0700. The molecular formula is C7H17NO2S. The van der Waals surface area contributed by atoms with E-state index in [0.29, 0.717) is 18.9 Å². The fourth-order valence-corrected chi connectivity index (χ4v) is 1.73. The number of rotatable bonds is 6. The first kappa shape index (κ1) is 11.1. The lowest BCUT2D eigenvalue weighted by Gasteiger charge is -2.08. The van der Waals surface area contributed by atoms with Crippen molar-refractivity contribution in [1.82, 2.24) is 0 Å². The summed E-state index contributed by atoms with van der Waals surface area (Å²) in [6, 6.07) is 0. The van der Waals surface area contributed by atoms with Crippen LogP contribution in [-0.4, -0.2) is 35.5 Å². The van der Waals surface area contributed by atoms with Crippen LogP contribution < -0.4 is 5.73 Å². The SMILES string of the molecule is COCCC(C)S(=O)CCN. The van der Waals surface area contributed by atoms with E-state index in [1.54, 1.807) is 7.11 Å². The van der Waals surface area contributed by atoms with Gasteiger partial charge in [0.25, 0.3) is 0 Å². The van der Waals surface area contributed by atoms with Gasteiger partial charge in [0.1, 0.15) is 0 Å². The first-order valence-electron chi connectivity index (χ1n) is 3.78. The fraction of sp³-hybridized carbons (Fsp3) is 1.00. The minimum absolute atomic E-state index is 0.207. The highest BCUT2D eigenvalue weighted by Crippen LogP contribution is 2.00. The summed E-state index contributed by atoms with van der Waals surface area (Å²) in [5.74, 6) is 0.602. The van der Waals surface area contributed by atoms with Crippen LogP contribution in [-0.2, 0) is 15.5 Å². The van der Waals surface area contributed by atoms with Gasteiger partial charge in [-0.2, -0.15) is 0 Å². The van der Waals surface area contributed by atoms with Gasteiger partial charge >= 0.3 is 0 Å². The van der Waals surface area contributed by atoms with Crippen LogP contribution in [0, 0.1) is 0 Å². The number of methoxy groups -OCH3 is 1. The largest absolute Gasteiger partial charge is 0.385 e. The minimum Gasteiger partial charge on any atom is -0.385 e. The second-order valence-corrected chi connectivity index (χ2v) is 4.44. The lowest BCUT2D eigenvalue weighted by Crippen LogP contribution is -2.20. The maximum Gasteiger partial charge on any atom is 0.0473 e. The second-order valence-electron chi connectivity index (χ2n) is 2.47. The molecule has 0 aliphatic carbocycles. The second kappa shape index (κ2) is 6.76. The number of ether oxygens (including phenoxy) is 1. The van der Waals surface area contributed by atoms with E-state index in [9.17, 15) is 4.21 Å². The topological polar surface area (TPSA) is 52.3 Å². The third-order valence-corrected chi connectivity index (χ3v) is 3.27. The van der Waals surface area contributed by atoms with Crippen molar-refractivity contribution in [2.24, 2.45) is 5.73 Å². The molecule has 0 aromatic heterocycles. The number of hydrogen-bond acceptors (Lipinski definition) is 3. The first-order valence-corrected chi connectivity index (χ1v) is 5.16. The van der Waals surface area contributed by atoms with Gasteiger partial charge in [0.15, 0.2) is 0 Å². The highest BCUT2D eigenvalue weighted by atomic mass is 32.2. The molecule has 11 heavy (non-hydrogen) atoms. The van der Waals surface area contributed by atoms with Crippen molar-refractivity contribution in [3.63, 3.8) is 0 Å². The molecule has 0 bridgehead atoms. The maximum absolute atomic E-state index is 11.2. The molecule has 0 aliphatic rings. The molecule has 0 aliphatic heterocycles. The third kappa shape index (κ3) is 5.35. The molecule has 0 radical (unpaired) electrons. The molecular weight excluding hydrogens is 162 g/mol. The number of nitrogens with two attached hydrogens (primary N) is 1. The van der Waals surface area contributed by atoms with Gasteiger partial charge < -0.3 is 10.5 Å². The Balaban J connectivity index is 3.46. The van der Waals surface area contributed by atoms with Crippen molar-refractivity contribution in [1.29, 1.82) is 0 Å². The van der Waals surface area contributed by atoms with Crippen molar-refractivity contribution in [2.45, 2.75) is 18.6 Å². The molecule has 0 saturated carbocycles. The summed E-state index contributed by atoms with van der Waals surface area (Å²) in [6.45, 7) is 3.15. The molecule has 0 aromatic rings. The van der Waals surface area contributed by atoms with Gasteiger partial charge in [-0.1, -0.05) is 6.92 Å². The Morgan fingerprint density at radius 1 is 1.64 bits per heavy atom. The van der Waals surface area contributed by atoms with E-state index >= 15 is 0 Å². The van der Waals surface area contributed by atoms with E-state index in [1.807, 2.05) is 6.92 Å². The van der Waals surface area contributed by atoms with E-state index in [-0.39, 0.29) is 5.25 Å². The van der Waals surface area contributed by atoms with Crippen LogP contribution in [0.2, 0.25) is 0 Å². The van der Waals surface area contributed by atoms with Gasteiger partial charge in [0.05, 0.1) is 0 Å². The van der Waals surface area contributed by atoms with Crippen molar-refractivity contribution in [3.8, 4) is 0 Å². The highest BCUT2D eigenvalue weighted by molar-refractivity contribution is 7.85. The molecule has 0 aromatic carbocycles. The van der Waals surface area contributed by atoms with Crippen LogP contribution in [0.15, 0.2) is 0 Å². The molecule has 2 unspecified atom stereocenters. The summed E-state index contributed by atoms with van der Waals surface area (Å²) in [7, 11) is 0.880. The Morgan fingerprint density at radius 3 is 2.73 bits per heavy atom. The van der Waals surface area contributed by atoms with Crippen LogP contribution in [0.25, 0.3) is 0 Å². The van der Waals surface area contributed by atoms with Crippen molar-refractivity contribution >= 4 is 10.8 Å². The molecule has 4 heteroatoms. The summed E-state index contributed by atoms with van der Waals surface area (Å²) in [4.78, 5) is 0. The Kier molecular flexibility index (Phi) is 6.80. The lowest BCUT2D eigenvalue weighted by atomic mass is 10.3. The maximum atomic E-state index is 11.2. The molecule has 0 spiro atoms. The van der Waals surface area contributed by atoms with Gasteiger partial charge in [0, 0.05) is 42.1 Å². The first-order chi connectivity index (χ1) is 5.22. The Bertz CT molecular complexity index is 119. The monoisotopic (exact) mass is 179 g/mol. The van der Waals surface area contributed by atoms with E-state index in [4.69, 9.17) is 10.5 Å². The molecule has 0 heterocycles. The zero-order valence-corrected chi connectivity index (χ0v) is 8.02. The summed E-state index contributed by atoms with van der Waals surface area (Å²) in [5, 5.41) is 0.207. The van der Waals surface area contributed by atoms with Gasteiger partial charge in [-0.25, -0.2) is 0 Å². The zero-order valence-electron chi connectivity index (χ0n) is 7.21. The molecule has 3 nitrogen and oxygen atoms in total. The molecule has 0 amide bonds. The molecule has 2 atom stereocenters.